The number of carboxylic acid groups (broad SMARTS) is 1. The van der Waals surface area contributed by atoms with Gasteiger partial charge in [0.05, 0.1) is 12.5 Å². The van der Waals surface area contributed by atoms with Gasteiger partial charge in [-0.15, -0.1) is 0 Å². The van der Waals surface area contributed by atoms with Gasteiger partial charge in [-0.1, -0.05) is 6.07 Å². The fourth-order valence-corrected chi connectivity index (χ4v) is 1.66. The molecule has 0 spiro atoms. The van der Waals surface area contributed by atoms with Gasteiger partial charge in [0, 0.05) is 0 Å². The highest BCUT2D eigenvalue weighted by Gasteiger charge is 2.19. The summed E-state index contributed by atoms with van der Waals surface area (Å²) in [5.41, 5.74) is 0.670. The maximum Gasteiger partial charge on any atom is 0.305 e. The Morgan fingerprint density at radius 1 is 1.47 bits per heavy atom. The molecule has 0 aliphatic carbocycles. The number of fused-ring (bicyclic) bond motifs is 1. The van der Waals surface area contributed by atoms with Crippen LogP contribution >= 0.6 is 0 Å². The molecule has 0 saturated heterocycles. The van der Waals surface area contributed by atoms with E-state index < -0.39 is 12.0 Å². The summed E-state index contributed by atoms with van der Waals surface area (Å²) >= 11 is 0. The van der Waals surface area contributed by atoms with Crippen LogP contribution in [0.2, 0.25) is 0 Å². The minimum Gasteiger partial charge on any atom is -0.481 e. The predicted molar refractivity (Wildman–Crippen MR) is 56.8 cm³/mol. The van der Waals surface area contributed by atoms with Gasteiger partial charge in [-0.05, 0) is 17.7 Å². The molecule has 6 nitrogen and oxygen atoms in total. The Morgan fingerprint density at radius 2 is 2.24 bits per heavy atom. The van der Waals surface area contributed by atoms with Crippen LogP contribution in [-0.4, -0.2) is 24.3 Å². The molecule has 1 amide bonds. The first-order valence-electron chi connectivity index (χ1n) is 5.01. The first-order valence-corrected chi connectivity index (χ1v) is 5.01. The molecule has 2 rings (SSSR count). The van der Waals surface area contributed by atoms with Crippen molar-refractivity contribution in [1.29, 1.82) is 0 Å². The van der Waals surface area contributed by atoms with Crippen LogP contribution in [0.1, 0.15) is 18.0 Å². The van der Waals surface area contributed by atoms with E-state index in [1.165, 1.54) is 0 Å². The van der Waals surface area contributed by atoms with E-state index in [0.29, 0.717) is 23.5 Å². The van der Waals surface area contributed by atoms with Crippen LogP contribution in [0.25, 0.3) is 0 Å². The molecule has 0 aromatic heterocycles. The Balaban J connectivity index is 2.23. The summed E-state index contributed by atoms with van der Waals surface area (Å²) in [6.45, 7) is 0.156. The molecule has 1 aromatic carbocycles. The van der Waals surface area contributed by atoms with E-state index in [-0.39, 0.29) is 13.2 Å². The standard InChI is InChI=1S/C11H11NO5/c13-5-12-8(4-11(14)15)7-1-2-9-10(3-7)17-6-16-9/h1-3,5,8H,4,6H2,(H,12,13)(H,14,15). The molecule has 90 valence electrons. The highest BCUT2D eigenvalue weighted by molar-refractivity contribution is 5.68. The number of carbonyl (C=O) groups is 2. The first kappa shape index (κ1) is 11.3. The third-order valence-corrected chi connectivity index (χ3v) is 2.45. The fourth-order valence-electron chi connectivity index (χ4n) is 1.66. The van der Waals surface area contributed by atoms with Crippen LogP contribution in [0.3, 0.4) is 0 Å². The molecule has 1 heterocycles. The van der Waals surface area contributed by atoms with E-state index in [2.05, 4.69) is 5.32 Å². The Bertz CT molecular complexity index is 445. The van der Waals surface area contributed by atoms with Crippen LogP contribution in [0.15, 0.2) is 18.2 Å². The lowest BCUT2D eigenvalue weighted by molar-refractivity contribution is -0.137. The number of rotatable bonds is 5. The molecule has 2 N–H and O–H groups in total. The summed E-state index contributed by atoms with van der Waals surface area (Å²) in [7, 11) is 0. The van der Waals surface area contributed by atoms with E-state index in [0.717, 1.165) is 0 Å². The van der Waals surface area contributed by atoms with Crippen molar-refractivity contribution < 1.29 is 24.2 Å². The molecule has 1 atom stereocenters. The maximum absolute atomic E-state index is 10.7. The lowest BCUT2D eigenvalue weighted by Gasteiger charge is -2.14. The number of carbonyl (C=O) groups excluding carboxylic acids is 1. The second-order valence-electron chi connectivity index (χ2n) is 3.55. The van der Waals surface area contributed by atoms with Gasteiger partial charge in [0.15, 0.2) is 11.5 Å². The highest BCUT2D eigenvalue weighted by atomic mass is 16.7. The summed E-state index contributed by atoms with van der Waals surface area (Å²) in [6.07, 6.45) is 0.302. The normalized spacial score (nSPS) is 14.1. The molecule has 0 fully saturated rings. The second kappa shape index (κ2) is 4.73. The summed E-state index contributed by atoms with van der Waals surface area (Å²) in [5.74, 6) is 0.196. The quantitative estimate of drug-likeness (QED) is 0.735. The topological polar surface area (TPSA) is 84.9 Å². The smallest absolute Gasteiger partial charge is 0.305 e. The van der Waals surface area contributed by atoms with E-state index in [1.54, 1.807) is 18.2 Å². The number of ether oxygens (including phenoxy) is 2. The summed E-state index contributed by atoms with van der Waals surface area (Å²) in [5, 5.41) is 11.2. The third-order valence-electron chi connectivity index (χ3n) is 2.45. The summed E-state index contributed by atoms with van der Waals surface area (Å²) in [6, 6.07) is 4.50. The molecular weight excluding hydrogens is 226 g/mol. The number of nitrogens with one attached hydrogen (secondary N) is 1. The van der Waals surface area contributed by atoms with Gasteiger partial charge in [-0.2, -0.15) is 0 Å². The number of carboxylic acids is 1. The fraction of sp³-hybridized carbons (Fsp3) is 0.273. The predicted octanol–water partition coefficient (Wildman–Crippen LogP) is 0.677. The third kappa shape index (κ3) is 2.47. The molecule has 1 aliphatic heterocycles. The molecule has 0 bridgehead atoms. The van der Waals surface area contributed by atoms with Gasteiger partial charge < -0.3 is 19.9 Å². The van der Waals surface area contributed by atoms with E-state index in [9.17, 15) is 9.59 Å². The average molecular weight is 237 g/mol. The number of hydrogen-bond acceptors (Lipinski definition) is 4. The number of amides is 1. The zero-order valence-electron chi connectivity index (χ0n) is 8.88. The van der Waals surface area contributed by atoms with Crippen molar-refractivity contribution in [2.75, 3.05) is 6.79 Å². The van der Waals surface area contributed by atoms with Crippen LogP contribution in [0.4, 0.5) is 0 Å². The molecular formula is C11H11NO5. The number of benzene rings is 1. The number of aliphatic carboxylic acids is 1. The molecule has 1 aliphatic rings. The van der Waals surface area contributed by atoms with Crippen molar-refractivity contribution in [3.63, 3.8) is 0 Å². The first-order chi connectivity index (χ1) is 8.20. The zero-order chi connectivity index (χ0) is 12.3. The van der Waals surface area contributed by atoms with Crippen LogP contribution < -0.4 is 14.8 Å². The van der Waals surface area contributed by atoms with E-state index in [1.807, 2.05) is 0 Å². The molecule has 0 radical (unpaired) electrons. The maximum atomic E-state index is 10.7. The monoisotopic (exact) mass is 237 g/mol. The Morgan fingerprint density at radius 3 is 2.94 bits per heavy atom. The minimum absolute atomic E-state index is 0.156. The zero-order valence-corrected chi connectivity index (χ0v) is 8.88. The Hall–Kier alpha value is -2.24. The second-order valence-corrected chi connectivity index (χ2v) is 3.55. The van der Waals surface area contributed by atoms with Gasteiger partial charge >= 0.3 is 5.97 Å². The minimum atomic E-state index is -0.984. The van der Waals surface area contributed by atoms with E-state index in [4.69, 9.17) is 14.6 Å². The SMILES string of the molecule is O=CNC(CC(=O)O)c1ccc2c(c1)OCO2. The molecule has 1 unspecified atom stereocenters. The van der Waals surface area contributed by atoms with Crippen molar-refractivity contribution >= 4 is 12.4 Å². The lowest BCUT2D eigenvalue weighted by Crippen LogP contribution is -2.22. The summed E-state index contributed by atoms with van der Waals surface area (Å²) in [4.78, 5) is 21.1. The van der Waals surface area contributed by atoms with Crippen molar-refractivity contribution in [2.24, 2.45) is 0 Å². The van der Waals surface area contributed by atoms with Gasteiger partial charge in [-0.3, -0.25) is 9.59 Å². The van der Waals surface area contributed by atoms with Gasteiger partial charge in [0.25, 0.3) is 0 Å². The molecule has 1 aromatic rings. The highest BCUT2D eigenvalue weighted by Crippen LogP contribution is 2.34. The lowest BCUT2D eigenvalue weighted by atomic mass is 10.0. The Kier molecular flexibility index (Phi) is 3.13. The van der Waals surface area contributed by atoms with Crippen molar-refractivity contribution in [3.8, 4) is 11.5 Å². The van der Waals surface area contributed by atoms with Gasteiger partial charge in [0.1, 0.15) is 0 Å². The molecule has 0 saturated carbocycles. The Labute approximate surface area is 97.1 Å². The number of hydrogen-bond donors (Lipinski definition) is 2. The molecule has 17 heavy (non-hydrogen) atoms. The van der Waals surface area contributed by atoms with E-state index >= 15 is 0 Å². The summed E-state index contributed by atoms with van der Waals surface area (Å²) < 4.78 is 10.3. The van der Waals surface area contributed by atoms with Crippen molar-refractivity contribution in [3.05, 3.63) is 23.8 Å². The molecule has 6 heteroatoms. The van der Waals surface area contributed by atoms with Gasteiger partial charge in [0.2, 0.25) is 13.2 Å². The van der Waals surface area contributed by atoms with Crippen molar-refractivity contribution in [1.82, 2.24) is 5.32 Å². The van der Waals surface area contributed by atoms with Crippen LogP contribution in [0, 0.1) is 0 Å². The van der Waals surface area contributed by atoms with Gasteiger partial charge in [-0.25, -0.2) is 0 Å². The van der Waals surface area contributed by atoms with Crippen molar-refractivity contribution in [2.45, 2.75) is 12.5 Å². The largest absolute Gasteiger partial charge is 0.481 e. The average Bonchev–Trinajstić information content (AvgIpc) is 2.74. The van der Waals surface area contributed by atoms with Crippen LogP contribution in [-0.2, 0) is 9.59 Å². The van der Waals surface area contributed by atoms with Crippen LogP contribution in [0.5, 0.6) is 11.5 Å².